The van der Waals surface area contributed by atoms with Crippen LogP contribution in [0.1, 0.15) is 0 Å². The third kappa shape index (κ3) is 4.35. The summed E-state index contributed by atoms with van der Waals surface area (Å²) in [6, 6.07) is 52.1. The van der Waals surface area contributed by atoms with Gasteiger partial charge in [-0.3, -0.25) is 0 Å². The van der Waals surface area contributed by atoms with E-state index in [0.717, 1.165) is 82.9 Å². The largest absolute Gasteiger partial charge is 0.435 e. The normalized spacial score (nSPS) is 11.6. The first-order valence-corrected chi connectivity index (χ1v) is 15.0. The molecular formula is C41H25N3O. The van der Waals surface area contributed by atoms with Gasteiger partial charge in [-0.2, -0.15) is 0 Å². The molecule has 4 heteroatoms. The van der Waals surface area contributed by atoms with Crippen molar-refractivity contribution in [2.75, 3.05) is 0 Å². The van der Waals surface area contributed by atoms with Crippen molar-refractivity contribution in [1.29, 1.82) is 0 Å². The Morgan fingerprint density at radius 1 is 0.378 bits per heavy atom. The second kappa shape index (κ2) is 10.2. The van der Waals surface area contributed by atoms with Crippen molar-refractivity contribution in [3.63, 3.8) is 0 Å². The summed E-state index contributed by atoms with van der Waals surface area (Å²) < 4.78 is 6.40. The Morgan fingerprint density at radius 3 is 1.64 bits per heavy atom. The van der Waals surface area contributed by atoms with Gasteiger partial charge in [0.25, 0.3) is 0 Å². The molecule has 2 aromatic heterocycles. The summed E-state index contributed by atoms with van der Waals surface area (Å²) >= 11 is 0. The molecule has 0 bridgehead atoms. The third-order valence-corrected chi connectivity index (χ3v) is 8.47. The molecule has 4 nitrogen and oxygen atoms in total. The summed E-state index contributed by atoms with van der Waals surface area (Å²) in [6.45, 7) is 0. The molecule has 0 radical (unpaired) electrons. The van der Waals surface area contributed by atoms with Crippen molar-refractivity contribution in [1.82, 2.24) is 15.0 Å². The highest BCUT2D eigenvalue weighted by molar-refractivity contribution is 6.18. The Hall–Kier alpha value is -6.13. The average Bonchev–Trinajstić information content (AvgIpc) is 3.56. The lowest BCUT2D eigenvalue weighted by atomic mass is 9.96. The van der Waals surface area contributed by atoms with Crippen LogP contribution in [0.5, 0.6) is 0 Å². The summed E-state index contributed by atoms with van der Waals surface area (Å²) in [5.41, 5.74) is 10.4. The van der Waals surface area contributed by atoms with Gasteiger partial charge in [0.2, 0.25) is 5.89 Å². The van der Waals surface area contributed by atoms with Gasteiger partial charge in [-0.15, -0.1) is 0 Å². The molecule has 9 aromatic rings. The summed E-state index contributed by atoms with van der Waals surface area (Å²) in [4.78, 5) is 15.1. The second-order valence-electron chi connectivity index (χ2n) is 11.3. The Bertz CT molecular complexity index is 2520. The van der Waals surface area contributed by atoms with Crippen molar-refractivity contribution < 1.29 is 4.42 Å². The predicted molar refractivity (Wildman–Crippen MR) is 184 cm³/mol. The lowest BCUT2D eigenvalue weighted by Crippen LogP contribution is -1.95. The summed E-state index contributed by atoms with van der Waals surface area (Å²) in [5.74, 6) is 0.634. The van der Waals surface area contributed by atoms with Gasteiger partial charge in [-0.1, -0.05) is 115 Å². The highest BCUT2D eigenvalue weighted by Crippen LogP contribution is 2.37. The first kappa shape index (κ1) is 25.4. The maximum atomic E-state index is 6.40. The van der Waals surface area contributed by atoms with Gasteiger partial charge in [0, 0.05) is 22.1 Å². The molecular weight excluding hydrogens is 550 g/mol. The Labute approximate surface area is 259 Å². The first-order valence-electron chi connectivity index (χ1n) is 15.0. The maximum Gasteiger partial charge on any atom is 0.227 e. The molecule has 0 spiro atoms. The fourth-order valence-corrected chi connectivity index (χ4v) is 6.24. The van der Waals surface area contributed by atoms with E-state index < -0.39 is 0 Å². The van der Waals surface area contributed by atoms with Crippen molar-refractivity contribution in [3.05, 3.63) is 152 Å². The van der Waals surface area contributed by atoms with E-state index in [0.29, 0.717) is 5.89 Å². The Balaban J connectivity index is 1.18. The van der Waals surface area contributed by atoms with Crippen molar-refractivity contribution in [2.45, 2.75) is 0 Å². The van der Waals surface area contributed by atoms with Crippen LogP contribution in [0.2, 0.25) is 0 Å². The number of aromatic nitrogens is 3. The average molecular weight is 576 g/mol. The molecule has 0 saturated heterocycles. The van der Waals surface area contributed by atoms with Crippen LogP contribution in [0.25, 0.3) is 88.8 Å². The molecule has 9 rings (SSSR count). The highest BCUT2D eigenvalue weighted by atomic mass is 16.3. The van der Waals surface area contributed by atoms with Crippen LogP contribution in [0.15, 0.2) is 156 Å². The van der Waals surface area contributed by atoms with Gasteiger partial charge < -0.3 is 4.42 Å². The van der Waals surface area contributed by atoms with Crippen LogP contribution < -0.4 is 0 Å². The Kier molecular flexibility index (Phi) is 5.78. The molecule has 210 valence electrons. The quantitative estimate of drug-likeness (QED) is 0.196. The topological polar surface area (TPSA) is 51.8 Å². The van der Waals surface area contributed by atoms with Gasteiger partial charge in [-0.05, 0) is 63.7 Å². The van der Waals surface area contributed by atoms with E-state index in [2.05, 4.69) is 78.9 Å². The number of fused-ring (bicyclic) bond motifs is 6. The molecule has 0 atom stereocenters. The van der Waals surface area contributed by atoms with Crippen molar-refractivity contribution in [2.24, 2.45) is 0 Å². The summed E-state index contributed by atoms with van der Waals surface area (Å²) in [6.07, 6.45) is 0. The van der Waals surface area contributed by atoms with Crippen LogP contribution >= 0.6 is 0 Å². The number of hydrogen-bond acceptors (Lipinski definition) is 4. The van der Waals surface area contributed by atoms with Crippen LogP contribution in [-0.2, 0) is 0 Å². The van der Waals surface area contributed by atoms with Crippen LogP contribution in [-0.4, -0.2) is 15.0 Å². The molecule has 0 fully saturated rings. The van der Waals surface area contributed by atoms with E-state index in [1.54, 1.807) is 0 Å². The highest BCUT2D eigenvalue weighted by Gasteiger charge is 2.16. The second-order valence-corrected chi connectivity index (χ2v) is 11.3. The minimum absolute atomic E-state index is 0.634. The molecule has 2 heterocycles. The molecule has 0 aliphatic carbocycles. The lowest BCUT2D eigenvalue weighted by Gasteiger charge is -2.12. The number of rotatable bonds is 4. The molecule has 7 aromatic carbocycles. The molecule has 0 unspecified atom stereocenters. The maximum absolute atomic E-state index is 6.40. The number of hydrogen-bond donors (Lipinski definition) is 0. The third-order valence-electron chi connectivity index (χ3n) is 8.47. The smallest absolute Gasteiger partial charge is 0.227 e. The zero-order valence-electron chi connectivity index (χ0n) is 24.2. The standard InChI is InChI=1S/C41H25N3O/c1-4-10-27(11-5-1)38-39(28-12-6-2-7-13-28)43-36-25-31(20-22-34(36)42-38)30-18-21-33-32(24-30)17-16-26-19-23-35-40(37(26)33)45-41(44-35)29-14-8-3-9-15-29/h1-25H. The van der Waals surface area contributed by atoms with E-state index >= 15 is 0 Å². The molecule has 0 saturated carbocycles. The van der Waals surface area contributed by atoms with Crippen LogP contribution in [0.3, 0.4) is 0 Å². The number of nitrogens with zero attached hydrogens (tertiary/aromatic N) is 3. The monoisotopic (exact) mass is 575 g/mol. The van der Waals surface area contributed by atoms with Gasteiger partial charge >= 0.3 is 0 Å². The van der Waals surface area contributed by atoms with Gasteiger partial charge in [-0.25, -0.2) is 15.0 Å². The predicted octanol–water partition coefficient (Wildman–Crippen LogP) is 10.7. The minimum atomic E-state index is 0.634. The van der Waals surface area contributed by atoms with E-state index in [4.69, 9.17) is 19.4 Å². The lowest BCUT2D eigenvalue weighted by molar-refractivity contribution is 0.623. The van der Waals surface area contributed by atoms with Crippen molar-refractivity contribution >= 4 is 43.7 Å². The molecule has 0 aliphatic rings. The number of benzene rings is 7. The summed E-state index contributed by atoms with van der Waals surface area (Å²) in [5, 5.41) is 4.48. The van der Waals surface area contributed by atoms with Gasteiger partial charge in [0.1, 0.15) is 5.52 Å². The molecule has 45 heavy (non-hydrogen) atoms. The fourth-order valence-electron chi connectivity index (χ4n) is 6.24. The van der Waals surface area contributed by atoms with E-state index in [9.17, 15) is 0 Å². The van der Waals surface area contributed by atoms with Gasteiger partial charge in [0.05, 0.1) is 22.4 Å². The van der Waals surface area contributed by atoms with E-state index in [1.165, 1.54) is 0 Å². The molecule has 0 amide bonds. The summed E-state index contributed by atoms with van der Waals surface area (Å²) in [7, 11) is 0. The molecule has 0 N–H and O–H groups in total. The fraction of sp³-hybridized carbons (Fsp3) is 0. The Morgan fingerprint density at radius 2 is 0.933 bits per heavy atom. The SMILES string of the molecule is c1ccc(-c2nc3ccc4ccc5cc(-c6ccc7nc(-c8ccccc8)c(-c8ccccc8)nc7c6)ccc5c4c3o2)cc1. The van der Waals surface area contributed by atoms with Crippen LogP contribution in [0, 0.1) is 0 Å². The van der Waals surface area contributed by atoms with Gasteiger partial charge in [0.15, 0.2) is 5.58 Å². The van der Waals surface area contributed by atoms with Crippen molar-refractivity contribution in [3.8, 4) is 45.1 Å². The minimum Gasteiger partial charge on any atom is -0.435 e. The molecule has 0 aliphatic heterocycles. The van der Waals surface area contributed by atoms with E-state index in [-0.39, 0.29) is 0 Å². The zero-order chi connectivity index (χ0) is 29.7. The first-order chi connectivity index (χ1) is 22.3. The van der Waals surface area contributed by atoms with Crippen LogP contribution in [0.4, 0.5) is 0 Å². The number of oxazole rings is 1. The zero-order valence-corrected chi connectivity index (χ0v) is 24.2. The van der Waals surface area contributed by atoms with E-state index in [1.807, 2.05) is 72.8 Å².